The Hall–Kier alpha value is -1.01. The Morgan fingerprint density at radius 3 is 2.62 bits per heavy atom. The summed E-state index contributed by atoms with van der Waals surface area (Å²) < 4.78 is 0. The molecule has 0 unspecified atom stereocenters. The topological polar surface area (TPSA) is 46.3 Å². The van der Waals surface area contributed by atoms with E-state index in [1.54, 1.807) is 0 Å². The van der Waals surface area contributed by atoms with Crippen LogP contribution in [0.25, 0.3) is 0 Å². The average molecular weight is 182 g/mol. The summed E-state index contributed by atoms with van der Waals surface area (Å²) in [5, 5.41) is 0. The van der Waals surface area contributed by atoms with Crippen LogP contribution in [0.15, 0.2) is 0 Å². The van der Waals surface area contributed by atoms with Crippen molar-refractivity contribution >= 4 is 5.91 Å². The maximum absolute atomic E-state index is 10.7. The Labute approximate surface area is 80.3 Å². The molecule has 0 aliphatic carbocycles. The van der Waals surface area contributed by atoms with Crippen LogP contribution in [0, 0.1) is 18.3 Å². The lowest BCUT2D eigenvalue weighted by atomic mass is 10.2. The second kappa shape index (κ2) is 6.50. The molecule has 0 atom stereocenters. The van der Waals surface area contributed by atoms with Gasteiger partial charge in [-0.05, 0) is 5.92 Å². The van der Waals surface area contributed by atoms with Crippen LogP contribution in [-0.4, -0.2) is 30.4 Å². The van der Waals surface area contributed by atoms with E-state index in [1.165, 1.54) is 0 Å². The van der Waals surface area contributed by atoms with Gasteiger partial charge in [0, 0.05) is 19.5 Å². The summed E-state index contributed by atoms with van der Waals surface area (Å²) >= 11 is 0. The van der Waals surface area contributed by atoms with E-state index in [2.05, 4.69) is 19.8 Å². The van der Waals surface area contributed by atoms with Crippen molar-refractivity contribution in [3.05, 3.63) is 0 Å². The van der Waals surface area contributed by atoms with Crippen molar-refractivity contribution in [1.82, 2.24) is 4.90 Å². The summed E-state index contributed by atoms with van der Waals surface area (Å²) in [6, 6.07) is 0. The van der Waals surface area contributed by atoms with Crippen LogP contribution in [0.3, 0.4) is 0 Å². The predicted molar refractivity (Wildman–Crippen MR) is 53.9 cm³/mol. The number of nitrogens with zero attached hydrogens (tertiary/aromatic N) is 1. The van der Waals surface area contributed by atoms with Crippen molar-refractivity contribution in [2.75, 3.05) is 19.6 Å². The normalized spacial score (nSPS) is 10.4. The van der Waals surface area contributed by atoms with Crippen LogP contribution in [0.2, 0.25) is 0 Å². The van der Waals surface area contributed by atoms with E-state index in [0.717, 1.165) is 13.1 Å². The molecule has 13 heavy (non-hydrogen) atoms. The molecule has 0 saturated carbocycles. The lowest BCUT2D eigenvalue weighted by molar-refractivity contribution is -0.119. The van der Waals surface area contributed by atoms with Crippen LogP contribution in [0.4, 0.5) is 0 Å². The first-order valence-corrected chi connectivity index (χ1v) is 4.50. The second-order valence-electron chi connectivity index (χ2n) is 3.55. The van der Waals surface area contributed by atoms with Crippen molar-refractivity contribution in [3.63, 3.8) is 0 Å². The SMILES string of the molecule is C#CCCN(CC(N)=O)CC(C)C. The zero-order valence-electron chi connectivity index (χ0n) is 8.42. The molecule has 0 aliphatic rings. The fraction of sp³-hybridized carbons (Fsp3) is 0.700. The lowest BCUT2D eigenvalue weighted by Crippen LogP contribution is -2.36. The highest BCUT2D eigenvalue weighted by Gasteiger charge is 2.08. The molecule has 3 nitrogen and oxygen atoms in total. The molecule has 0 aromatic heterocycles. The van der Waals surface area contributed by atoms with Crippen LogP contribution < -0.4 is 5.73 Å². The van der Waals surface area contributed by atoms with Gasteiger partial charge in [0.05, 0.1) is 6.54 Å². The fourth-order valence-corrected chi connectivity index (χ4v) is 1.19. The summed E-state index contributed by atoms with van der Waals surface area (Å²) in [6.07, 6.45) is 5.81. The predicted octanol–water partition coefficient (Wildman–Crippen LogP) is 0.453. The van der Waals surface area contributed by atoms with Gasteiger partial charge in [-0.15, -0.1) is 12.3 Å². The summed E-state index contributed by atoms with van der Waals surface area (Å²) in [6.45, 7) is 6.12. The second-order valence-corrected chi connectivity index (χ2v) is 3.55. The van der Waals surface area contributed by atoms with E-state index in [9.17, 15) is 4.79 Å². The molecule has 2 N–H and O–H groups in total. The number of nitrogens with two attached hydrogens (primary N) is 1. The number of terminal acetylenes is 1. The van der Waals surface area contributed by atoms with Crippen molar-refractivity contribution in [3.8, 4) is 12.3 Å². The number of hydrogen-bond donors (Lipinski definition) is 1. The van der Waals surface area contributed by atoms with E-state index < -0.39 is 0 Å². The Morgan fingerprint density at radius 1 is 1.62 bits per heavy atom. The average Bonchev–Trinajstić information content (AvgIpc) is 1.98. The minimum absolute atomic E-state index is 0.294. The Kier molecular flexibility index (Phi) is 5.99. The number of carbonyl (C=O) groups is 1. The number of rotatable bonds is 6. The first-order chi connectivity index (χ1) is 6.06. The summed E-state index contributed by atoms with van der Waals surface area (Å²) in [5.74, 6) is 2.78. The highest BCUT2D eigenvalue weighted by atomic mass is 16.1. The molecule has 0 bridgehead atoms. The molecular weight excluding hydrogens is 164 g/mol. The molecule has 1 amide bonds. The molecule has 0 radical (unpaired) electrons. The first-order valence-electron chi connectivity index (χ1n) is 4.50. The van der Waals surface area contributed by atoms with Gasteiger partial charge in [0.1, 0.15) is 0 Å². The molecule has 0 fully saturated rings. The van der Waals surface area contributed by atoms with Crippen molar-refractivity contribution in [2.45, 2.75) is 20.3 Å². The van der Waals surface area contributed by atoms with E-state index in [0.29, 0.717) is 18.9 Å². The highest BCUT2D eigenvalue weighted by molar-refractivity contribution is 5.75. The number of carbonyl (C=O) groups excluding carboxylic acids is 1. The van der Waals surface area contributed by atoms with Gasteiger partial charge in [-0.1, -0.05) is 13.8 Å². The Balaban J connectivity index is 3.88. The number of primary amides is 1. The Bertz CT molecular complexity index is 194. The van der Waals surface area contributed by atoms with Crippen molar-refractivity contribution in [1.29, 1.82) is 0 Å². The minimum Gasteiger partial charge on any atom is -0.369 e. The molecular formula is C10H18N2O. The van der Waals surface area contributed by atoms with Gasteiger partial charge < -0.3 is 5.73 Å². The molecule has 0 spiro atoms. The third kappa shape index (κ3) is 7.35. The largest absolute Gasteiger partial charge is 0.369 e. The number of hydrogen-bond acceptors (Lipinski definition) is 2. The Morgan fingerprint density at radius 2 is 2.23 bits per heavy atom. The molecule has 3 heteroatoms. The zero-order chi connectivity index (χ0) is 10.3. The molecule has 74 valence electrons. The van der Waals surface area contributed by atoms with Gasteiger partial charge in [0.25, 0.3) is 0 Å². The molecule has 0 heterocycles. The standard InChI is InChI=1S/C10H18N2O/c1-4-5-6-12(7-9(2)3)8-10(11)13/h1,9H,5-8H2,2-3H3,(H2,11,13). The zero-order valence-corrected chi connectivity index (χ0v) is 8.42. The quantitative estimate of drug-likeness (QED) is 0.606. The van der Waals surface area contributed by atoms with Gasteiger partial charge >= 0.3 is 0 Å². The monoisotopic (exact) mass is 182 g/mol. The van der Waals surface area contributed by atoms with Crippen LogP contribution >= 0.6 is 0 Å². The smallest absolute Gasteiger partial charge is 0.231 e. The van der Waals surface area contributed by atoms with E-state index in [1.807, 2.05) is 4.90 Å². The van der Waals surface area contributed by atoms with Gasteiger partial charge in [0.2, 0.25) is 5.91 Å². The van der Waals surface area contributed by atoms with Gasteiger partial charge in [0.15, 0.2) is 0 Å². The maximum atomic E-state index is 10.7. The van der Waals surface area contributed by atoms with Gasteiger partial charge in [-0.3, -0.25) is 9.69 Å². The third-order valence-electron chi connectivity index (χ3n) is 1.58. The van der Waals surface area contributed by atoms with Crippen molar-refractivity contribution in [2.24, 2.45) is 11.7 Å². The molecule has 0 aromatic rings. The first kappa shape index (κ1) is 12.0. The van der Waals surface area contributed by atoms with Crippen molar-refractivity contribution < 1.29 is 4.79 Å². The lowest BCUT2D eigenvalue weighted by Gasteiger charge is -2.21. The summed E-state index contributed by atoms with van der Waals surface area (Å²) in [5.41, 5.74) is 5.11. The molecule has 0 aliphatic heterocycles. The maximum Gasteiger partial charge on any atom is 0.231 e. The van der Waals surface area contributed by atoms with E-state index in [-0.39, 0.29) is 5.91 Å². The van der Waals surface area contributed by atoms with Gasteiger partial charge in [-0.25, -0.2) is 0 Å². The summed E-state index contributed by atoms with van der Waals surface area (Å²) in [7, 11) is 0. The van der Waals surface area contributed by atoms with Gasteiger partial charge in [-0.2, -0.15) is 0 Å². The van der Waals surface area contributed by atoms with Crippen LogP contribution in [0.5, 0.6) is 0 Å². The minimum atomic E-state index is -0.294. The van der Waals surface area contributed by atoms with Crippen LogP contribution in [-0.2, 0) is 4.79 Å². The van der Waals surface area contributed by atoms with Crippen LogP contribution in [0.1, 0.15) is 20.3 Å². The fourth-order valence-electron chi connectivity index (χ4n) is 1.19. The summed E-state index contributed by atoms with van der Waals surface area (Å²) in [4.78, 5) is 12.7. The number of amides is 1. The highest BCUT2D eigenvalue weighted by Crippen LogP contribution is 1.98. The third-order valence-corrected chi connectivity index (χ3v) is 1.58. The molecule has 0 aromatic carbocycles. The van der Waals surface area contributed by atoms with E-state index >= 15 is 0 Å². The van der Waals surface area contributed by atoms with E-state index in [4.69, 9.17) is 12.2 Å². The molecule has 0 rings (SSSR count). The molecule has 0 saturated heterocycles.